The number of aliphatic hydroxyl groups excluding tert-OH is 1. The molecule has 0 atom stereocenters. The highest BCUT2D eigenvalue weighted by Crippen LogP contribution is 2.29. The highest BCUT2D eigenvalue weighted by molar-refractivity contribution is 5.48. The first-order valence-corrected chi connectivity index (χ1v) is 6.68. The molecular formula is C16H21NO2. The van der Waals surface area contributed by atoms with Gasteiger partial charge in [0.05, 0.1) is 12.7 Å². The van der Waals surface area contributed by atoms with Crippen LogP contribution in [0.3, 0.4) is 0 Å². The third-order valence-corrected chi connectivity index (χ3v) is 3.29. The molecule has 0 aliphatic heterocycles. The second-order valence-electron chi connectivity index (χ2n) is 5.13. The fourth-order valence-electron chi connectivity index (χ4n) is 2.20. The summed E-state index contributed by atoms with van der Waals surface area (Å²) >= 11 is 0. The van der Waals surface area contributed by atoms with Crippen molar-refractivity contribution in [1.82, 2.24) is 4.90 Å². The van der Waals surface area contributed by atoms with E-state index in [4.69, 9.17) is 9.84 Å². The van der Waals surface area contributed by atoms with E-state index in [2.05, 4.69) is 29.9 Å². The lowest BCUT2D eigenvalue weighted by atomic mass is 10.1. The van der Waals surface area contributed by atoms with E-state index in [9.17, 15) is 0 Å². The van der Waals surface area contributed by atoms with Gasteiger partial charge in [0, 0.05) is 13.1 Å². The van der Waals surface area contributed by atoms with Crippen LogP contribution in [-0.2, 0) is 6.54 Å². The number of nitrogens with zero attached hydrogens (tertiary/aromatic N) is 1. The predicted molar refractivity (Wildman–Crippen MR) is 76.0 cm³/mol. The van der Waals surface area contributed by atoms with Crippen molar-refractivity contribution in [3.05, 3.63) is 29.3 Å². The Bertz CT molecular complexity index is 483. The lowest BCUT2D eigenvalue weighted by Gasteiger charge is -2.16. The van der Waals surface area contributed by atoms with Gasteiger partial charge in [0.2, 0.25) is 0 Å². The van der Waals surface area contributed by atoms with Crippen molar-refractivity contribution in [2.75, 3.05) is 27.3 Å². The van der Waals surface area contributed by atoms with Crippen molar-refractivity contribution in [2.45, 2.75) is 19.4 Å². The smallest absolute Gasteiger partial charge is 0.134 e. The van der Waals surface area contributed by atoms with Gasteiger partial charge in [-0.25, -0.2) is 0 Å². The summed E-state index contributed by atoms with van der Waals surface area (Å²) in [5, 5.41) is 8.79. The summed E-state index contributed by atoms with van der Waals surface area (Å²) in [5.74, 6) is 7.27. The fraction of sp³-hybridized carbons (Fsp3) is 0.500. The Hall–Kier alpha value is -1.50. The molecule has 3 heteroatoms. The monoisotopic (exact) mass is 259 g/mol. The maximum Gasteiger partial charge on any atom is 0.134 e. The molecule has 19 heavy (non-hydrogen) atoms. The van der Waals surface area contributed by atoms with Gasteiger partial charge >= 0.3 is 0 Å². The fourth-order valence-corrected chi connectivity index (χ4v) is 2.20. The molecule has 1 aromatic rings. The van der Waals surface area contributed by atoms with E-state index in [0.29, 0.717) is 0 Å². The van der Waals surface area contributed by atoms with E-state index in [1.165, 1.54) is 24.9 Å². The molecule has 0 saturated heterocycles. The molecule has 0 amide bonds. The minimum absolute atomic E-state index is 0.130. The molecule has 1 aromatic carbocycles. The molecule has 1 aliphatic carbocycles. The minimum atomic E-state index is -0.130. The Morgan fingerprint density at radius 1 is 1.42 bits per heavy atom. The van der Waals surface area contributed by atoms with Crippen LogP contribution < -0.4 is 4.74 Å². The number of benzene rings is 1. The van der Waals surface area contributed by atoms with E-state index in [1.807, 2.05) is 12.1 Å². The Balaban J connectivity index is 2.07. The molecule has 1 aliphatic rings. The highest BCUT2D eigenvalue weighted by Gasteiger charge is 2.22. The van der Waals surface area contributed by atoms with E-state index in [1.54, 1.807) is 7.11 Å². The van der Waals surface area contributed by atoms with Gasteiger partial charge in [0.25, 0.3) is 0 Å². The molecule has 0 radical (unpaired) electrons. The number of methoxy groups -OCH3 is 1. The Kier molecular flexibility index (Phi) is 4.84. The zero-order chi connectivity index (χ0) is 13.7. The van der Waals surface area contributed by atoms with Crippen LogP contribution in [0, 0.1) is 17.8 Å². The topological polar surface area (TPSA) is 32.7 Å². The Labute approximate surface area is 115 Å². The van der Waals surface area contributed by atoms with Crippen LogP contribution in [0.15, 0.2) is 18.2 Å². The highest BCUT2D eigenvalue weighted by atomic mass is 16.5. The second-order valence-corrected chi connectivity index (χ2v) is 5.13. The largest absolute Gasteiger partial charge is 0.495 e. The first kappa shape index (κ1) is 13.9. The average Bonchev–Trinajstić information content (AvgIpc) is 3.20. The number of rotatable bonds is 5. The van der Waals surface area contributed by atoms with Crippen LogP contribution in [0.5, 0.6) is 5.75 Å². The van der Waals surface area contributed by atoms with Crippen LogP contribution in [0.2, 0.25) is 0 Å². The summed E-state index contributed by atoms with van der Waals surface area (Å²) in [6.45, 7) is 1.97. The van der Waals surface area contributed by atoms with Crippen molar-refractivity contribution in [2.24, 2.45) is 5.92 Å². The van der Waals surface area contributed by atoms with Crippen LogP contribution in [0.1, 0.15) is 24.0 Å². The van der Waals surface area contributed by atoms with E-state index >= 15 is 0 Å². The molecule has 0 heterocycles. The Morgan fingerprint density at radius 2 is 2.21 bits per heavy atom. The van der Waals surface area contributed by atoms with Crippen LogP contribution in [0.25, 0.3) is 0 Å². The van der Waals surface area contributed by atoms with Gasteiger partial charge < -0.3 is 14.7 Å². The van der Waals surface area contributed by atoms with E-state index in [-0.39, 0.29) is 6.61 Å². The van der Waals surface area contributed by atoms with Crippen molar-refractivity contribution in [3.63, 3.8) is 0 Å². The van der Waals surface area contributed by atoms with Crippen molar-refractivity contribution in [1.29, 1.82) is 0 Å². The van der Waals surface area contributed by atoms with Gasteiger partial charge in [-0.2, -0.15) is 0 Å². The van der Waals surface area contributed by atoms with Crippen molar-refractivity contribution < 1.29 is 9.84 Å². The van der Waals surface area contributed by atoms with Crippen molar-refractivity contribution in [3.8, 4) is 17.6 Å². The van der Waals surface area contributed by atoms with Crippen LogP contribution >= 0.6 is 0 Å². The second kappa shape index (κ2) is 6.60. The summed E-state index contributed by atoms with van der Waals surface area (Å²) in [7, 11) is 3.79. The third kappa shape index (κ3) is 4.27. The van der Waals surface area contributed by atoms with Crippen molar-refractivity contribution >= 4 is 0 Å². The lowest BCUT2D eigenvalue weighted by molar-refractivity contribution is 0.313. The first-order chi connectivity index (χ1) is 9.22. The van der Waals surface area contributed by atoms with Gasteiger partial charge in [-0.15, -0.1) is 0 Å². The summed E-state index contributed by atoms with van der Waals surface area (Å²) in [5.41, 5.74) is 2.07. The summed E-state index contributed by atoms with van der Waals surface area (Å²) in [4.78, 5) is 2.35. The van der Waals surface area contributed by atoms with E-state index < -0.39 is 0 Å². The standard InChI is InChI=1S/C16H21NO2/c1-17(11-13-5-6-13)12-14-7-8-16(19-2)15(10-14)4-3-9-18/h7-8,10,13,18H,5-6,9,11-12H2,1-2H3. The number of ether oxygens (including phenoxy) is 1. The maximum absolute atomic E-state index is 8.79. The minimum Gasteiger partial charge on any atom is -0.495 e. The molecule has 1 fully saturated rings. The molecule has 0 bridgehead atoms. The number of hydrogen-bond acceptors (Lipinski definition) is 3. The predicted octanol–water partition coefficient (Wildman–Crippen LogP) is 1.88. The summed E-state index contributed by atoms with van der Waals surface area (Å²) < 4.78 is 5.28. The summed E-state index contributed by atoms with van der Waals surface area (Å²) in [6.07, 6.45) is 2.75. The van der Waals surface area contributed by atoms with Gasteiger partial charge in [0.1, 0.15) is 12.4 Å². The molecule has 3 nitrogen and oxygen atoms in total. The molecule has 102 valence electrons. The zero-order valence-electron chi connectivity index (χ0n) is 11.6. The molecule has 2 rings (SSSR count). The van der Waals surface area contributed by atoms with Gasteiger partial charge in [-0.3, -0.25) is 0 Å². The molecule has 0 unspecified atom stereocenters. The SMILES string of the molecule is COc1ccc(CN(C)CC2CC2)cc1C#CCO. The average molecular weight is 259 g/mol. The molecule has 1 saturated carbocycles. The zero-order valence-corrected chi connectivity index (χ0v) is 11.6. The number of aliphatic hydroxyl groups is 1. The van der Waals surface area contributed by atoms with Gasteiger partial charge in [0.15, 0.2) is 0 Å². The quantitative estimate of drug-likeness (QED) is 0.820. The molecule has 0 spiro atoms. The summed E-state index contributed by atoms with van der Waals surface area (Å²) in [6, 6.07) is 6.07. The van der Waals surface area contributed by atoms with Gasteiger partial charge in [-0.1, -0.05) is 17.9 Å². The van der Waals surface area contributed by atoms with Gasteiger partial charge in [-0.05, 0) is 43.5 Å². The number of hydrogen-bond donors (Lipinski definition) is 1. The first-order valence-electron chi connectivity index (χ1n) is 6.68. The Morgan fingerprint density at radius 3 is 2.84 bits per heavy atom. The van der Waals surface area contributed by atoms with E-state index in [0.717, 1.165) is 23.8 Å². The lowest BCUT2D eigenvalue weighted by Crippen LogP contribution is -2.20. The molecule has 1 N–H and O–H groups in total. The van der Waals surface area contributed by atoms with Crippen LogP contribution in [-0.4, -0.2) is 37.3 Å². The normalized spacial score (nSPS) is 14.1. The third-order valence-electron chi connectivity index (χ3n) is 3.29. The maximum atomic E-state index is 8.79. The molecular weight excluding hydrogens is 238 g/mol. The van der Waals surface area contributed by atoms with Crippen LogP contribution in [0.4, 0.5) is 0 Å². The molecule has 0 aromatic heterocycles.